The van der Waals surface area contributed by atoms with Crippen molar-refractivity contribution in [3.8, 4) is 5.75 Å². The molecule has 1 fully saturated rings. The van der Waals surface area contributed by atoms with Crippen molar-refractivity contribution in [3.63, 3.8) is 0 Å². The first kappa shape index (κ1) is 11.9. The first-order chi connectivity index (χ1) is 8.22. The van der Waals surface area contributed by atoms with Gasteiger partial charge in [-0.2, -0.15) is 0 Å². The van der Waals surface area contributed by atoms with E-state index in [0.29, 0.717) is 12.1 Å². The number of carbonyl (C=O) groups excluding carboxylic acids is 1. The van der Waals surface area contributed by atoms with Crippen LogP contribution in [0.4, 0.5) is 0 Å². The van der Waals surface area contributed by atoms with E-state index in [2.05, 4.69) is 0 Å². The first-order valence-electron chi connectivity index (χ1n) is 5.98. The number of carbonyl (C=O) groups is 1. The van der Waals surface area contributed by atoms with Crippen molar-refractivity contribution in [2.75, 3.05) is 13.1 Å². The largest absolute Gasteiger partial charge is 0.508 e. The van der Waals surface area contributed by atoms with Crippen LogP contribution in [0, 0.1) is 0 Å². The van der Waals surface area contributed by atoms with Gasteiger partial charge in [0.05, 0.1) is 6.42 Å². The summed E-state index contributed by atoms with van der Waals surface area (Å²) in [6.45, 7) is 1.31. The molecule has 1 aromatic rings. The molecule has 1 atom stereocenters. The van der Waals surface area contributed by atoms with Gasteiger partial charge in [-0.25, -0.2) is 0 Å². The van der Waals surface area contributed by atoms with Crippen molar-refractivity contribution >= 4 is 5.91 Å². The third kappa shape index (κ3) is 2.58. The minimum Gasteiger partial charge on any atom is -0.508 e. The van der Waals surface area contributed by atoms with Crippen molar-refractivity contribution in [3.05, 3.63) is 29.8 Å². The molecular weight excluding hydrogens is 216 g/mol. The van der Waals surface area contributed by atoms with Crippen molar-refractivity contribution < 1.29 is 9.90 Å². The molecule has 1 amide bonds. The van der Waals surface area contributed by atoms with Crippen LogP contribution in [-0.2, 0) is 11.2 Å². The number of aromatic hydroxyl groups is 1. The Bertz CT molecular complexity index is 406. The number of rotatable bonds is 3. The van der Waals surface area contributed by atoms with Gasteiger partial charge < -0.3 is 15.7 Å². The zero-order chi connectivity index (χ0) is 12.3. The molecule has 92 valence electrons. The van der Waals surface area contributed by atoms with Crippen LogP contribution >= 0.6 is 0 Å². The second-order valence-electron chi connectivity index (χ2n) is 4.42. The minimum absolute atomic E-state index is 0.0550. The number of nitrogens with zero attached hydrogens (tertiary/aromatic N) is 1. The molecule has 0 radical (unpaired) electrons. The third-order valence-electron chi connectivity index (χ3n) is 3.30. The van der Waals surface area contributed by atoms with Crippen molar-refractivity contribution in [2.45, 2.75) is 25.3 Å². The second-order valence-corrected chi connectivity index (χ2v) is 4.42. The summed E-state index contributed by atoms with van der Waals surface area (Å²) in [4.78, 5) is 13.9. The van der Waals surface area contributed by atoms with Gasteiger partial charge in [-0.1, -0.05) is 18.2 Å². The maximum absolute atomic E-state index is 12.1. The predicted octanol–water partition coefficient (Wildman–Crippen LogP) is 0.884. The number of phenolic OH excluding ortho intramolecular Hbond substituents is 1. The molecule has 1 saturated heterocycles. The summed E-state index contributed by atoms with van der Waals surface area (Å²) in [5.74, 6) is 0.240. The van der Waals surface area contributed by atoms with Crippen LogP contribution in [0.25, 0.3) is 0 Å². The highest BCUT2D eigenvalue weighted by atomic mass is 16.3. The molecule has 1 heterocycles. The maximum Gasteiger partial charge on any atom is 0.227 e. The molecule has 2 rings (SSSR count). The third-order valence-corrected chi connectivity index (χ3v) is 3.30. The number of benzene rings is 1. The first-order valence-corrected chi connectivity index (χ1v) is 5.98. The van der Waals surface area contributed by atoms with Crippen LogP contribution in [-0.4, -0.2) is 35.0 Å². The highest BCUT2D eigenvalue weighted by Gasteiger charge is 2.27. The Morgan fingerprint density at radius 1 is 1.47 bits per heavy atom. The molecule has 0 aromatic heterocycles. The van der Waals surface area contributed by atoms with Crippen LogP contribution in [0.3, 0.4) is 0 Å². The monoisotopic (exact) mass is 234 g/mol. The molecule has 4 nitrogen and oxygen atoms in total. The zero-order valence-electron chi connectivity index (χ0n) is 9.80. The zero-order valence-corrected chi connectivity index (χ0v) is 9.80. The fraction of sp³-hybridized carbons (Fsp3) is 0.462. The lowest BCUT2D eigenvalue weighted by molar-refractivity contribution is -0.131. The maximum atomic E-state index is 12.1. The highest BCUT2D eigenvalue weighted by Crippen LogP contribution is 2.21. The minimum atomic E-state index is 0.0550. The van der Waals surface area contributed by atoms with Crippen LogP contribution in [0.1, 0.15) is 18.4 Å². The van der Waals surface area contributed by atoms with Gasteiger partial charge in [0.25, 0.3) is 0 Å². The number of para-hydroxylation sites is 1. The molecule has 1 aliphatic heterocycles. The van der Waals surface area contributed by atoms with E-state index in [0.717, 1.165) is 19.4 Å². The topological polar surface area (TPSA) is 66.6 Å². The summed E-state index contributed by atoms with van der Waals surface area (Å²) in [5, 5.41) is 9.63. The predicted molar refractivity (Wildman–Crippen MR) is 65.6 cm³/mol. The van der Waals surface area contributed by atoms with E-state index in [9.17, 15) is 9.90 Å². The van der Waals surface area contributed by atoms with E-state index in [1.807, 2.05) is 11.0 Å². The van der Waals surface area contributed by atoms with Gasteiger partial charge in [0.2, 0.25) is 5.91 Å². The summed E-state index contributed by atoms with van der Waals surface area (Å²) in [5.41, 5.74) is 6.32. The van der Waals surface area contributed by atoms with E-state index in [1.165, 1.54) is 0 Å². The molecule has 3 N–H and O–H groups in total. The van der Waals surface area contributed by atoms with E-state index < -0.39 is 0 Å². The van der Waals surface area contributed by atoms with E-state index in [4.69, 9.17) is 5.73 Å². The van der Waals surface area contributed by atoms with Gasteiger partial charge in [0.1, 0.15) is 5.75 Å². The molecule has 0 bridgehead atoms. The Balaban J connectivity index is 2.04. The van der Waals surface area contributed by atoms with Crippen LogP contribution in [0.5, 0.6) is 5.75 Å². The fourth-order valence-electron chi connectivity index (χ4n) is 2.33. The molecule has 1 aliphatic rings. The molecule has 0 saturated carbocycles. The number of hydrogen-bond donors (Lipinski definition) is 2. The Hall–Kier alpha value is -1.55. The molecule has 4 heteroatoms. The van der Waals surface area contributed by atoms with Crippen LogP contribution in [0.15, 0.2) is 24.3 Å². The van der Waals surface area contributed by atoms with Gasteiger partial charge in [0, 0.05) is 24.7 Å². The van der Waals surface area contributed by atoms with Crippen molar-refractivity contribution in [2.24, 2.45) is 5.73 Å². The normalized spacial score (nSPS) is 19.6. The van der Waals surface area contributed by atoms with Gasteiger partial charge >= 0.3 is 0 Å². The standard InChI is InChI=1S/C13H18N2O2/c14-9-11-5-3-7-15(11)13(17)8-10-4-1-2-6-12(10)16/h1-2,4,6,11,16H,3,5,7-9,14H2. The van der Waals surface area contributed by atoms with Gasteiger partial charge in [-0.3, -0.25) is 4.79 Å². The number of amides is 1. The van der Waals surface area contributed by atoms with Crippen molar-refractivity contribution in [1.82, 2.24) is 4.90 Å². The number of nitrogens with two attached hydrogens (primary N) is 1. The molecule has 17 heavy (non-hydrogen) atoms. The number of hydrogen-bond acceptors (Lipinski definition) is 3. The van der Waals surface area contributed by atoms with E-state index >= 15 is 0 Å². The molecule has 0 spiro atoms. The van der Waals surface area contributed by atoms with Crippen LogP contribution < -0.4 is 5.73 Å². The Kier molecular flexibility index (Phi) is 3.64. The van der Waals surface area contributed by atoms with Crippen LogP contribution in [0.2, 0.25) is 0 Å². The van der Waals surface area contributed by atoms with E-state index in [-0.39, 0.29) is 24.1 Å². The molecular formula is C13H18N2O2. The summed E-state index contributed by atoms with van der Waals surface area (Å²) >= 11 is 0. The van der Waals surface area contributed by atoms with Crippen molar-refractivity contribution in [1.29, 1.82) is 0 Å². The second kappa shape index (κ2) is 5.19. The molecule has 1 aromatic carbocycles. The summed E-state index contributed by atoms with van der Waals surface area (Å²) < 4.78 is 0. The number of likely N-dealkylation sites (tertiary alicyclic amines) is 1. The number of phenols is 1. The fourth-order valence-corrected chi connectivity index (χ4v) is 2.33. The average molecular weight is 234 g/mol. The van der Waals surface area contributed by atoms with Gasteiger partial charge in [-0.05, 0) is 18.9 Å². The lowest BCUT2D eigenvalue weighted by Gasteiger charge is -2.23. The van der Waals surface area contributed by atoms with Gasteiger partial charge in [0.15, 0.2) is 0 Å². The molecule has 0 aliphatic carbocycles. The summed E-state index contributed by atoms with van der Waals surface area (Å²) in [6.07, 6.45) is 2.26. The Morgan fingerprint density at radius 3 is 2.94 bits per heavy atom. The lowest BCUT2D eigenvalue weighted by atomic mass is 10.1. The average Bonchev–Trinajstić information content (AvgIpc) is 2.80. The summed E-state index contributed by atoms with van der Waals surface area (Å²) in [6, 6.07) is 7.14. The smallest absolute Gasteiger partial charge is 0.227 e. The Labute approximate surface area is 101 Å². The summed E-state index contributed by atoms with van der Waals surface area (Å²) in [7, 11) is 0. The quantitative estimate of drug-likeness (QED) is 0.816. The highest BCUT2D eigenvalue weighted by molar-refractivity contribution is 5.80. The lowest BCUT2D eigenvalue weighted by Crippen LogP contribution is -2.40. The SMILES string of the molecule is NCC1CCCN1C(=O)Cc1ccccc1O. The van der Waals surface area contributed by atoms with Gasteiger partial charge in [-0.15, -0.1) is 0 Å². The Morgan fingerprint density at radius 2 is 2.24 bits per heavy atom. The van der Waals surface area contributed by atoms with E-state index in [1.54, 1.807) is 18.2 Å². The molecule has 1 unspecified atom stereocenters.